The summed E-state index contributed by atoms with van der Waals surface area (Å²) in [7, 11) is 0. The predicted molar refractivity (Wildman–Crippen MR) is 25.7 cm³/mol. The second-order valence-corrected chi connectivity index (χ2v) is 1.10. The van der Waals surface area contributed by atoms with Gasteiger partial charge in [0.1, 0.15) is 0 Å². The largest absolute Gasteiger partial charge is 0.750 e. The van der Waals surface area contributed by atoms with E-state index in [1.165, 1.54) is 0 Å². The predicted octanol–water partition coefficient (Wildman–Crippen LogP) is -1.69. The Kier molecular flexibility index (Phi) is 13.7. The van der Waals surface area contributed by atoms with Crippen LogP contribution in [0.15, 0.2) is 0 Å². The van der Waals surface area contributed by atoms with Gasteiger partial charge < -0.3 is 19.3 Å². The molecule has 0 heterocycles. The molecule has 0 fully saturated rings. The molecule has 6 heteroatoms. The Morgan fingerprint density at radius 3 is 1.50 bits per heavy atom. The zero-order valence-corrected chi connectivity index (χ0v) is 4.80. The monoisotopic (exact) mass is 143 g/mol. The first-order valence-electron chi connectivity index (χ1n) is 1.65. The highest BCUT2D eigenvalue weighted by Gasteiger charge is 1.58. The van der Waals surface area contributed by atoms with E-state index in [0.717, 1.165) is 0 Å². The minimum absolute atomic E-state index is 0.125. The lowest BCUT2D eigenvalue weighted by Gasteiger charge is -1.83. The first kappa shape index (κ1) is 10.9. The lowest BCUT2D eigenvalue weighted by Crippen LogP contribution is -1.85. The van der Waals surface area contributed by atoms with Gasteiger partial charge in [-0.1, -0.05) is 0 Å². The molecule has 0 spiro atoms. The summed E-state index contributed by atoms with van der Waals surface area (Å²) in [5.41, 5.74) is 0. The molecule has 0 aromatic heterocycles. The molecule has 8 heavy (non-hydrogen) atoms. The van der Waals surface area contributed by atoms with Crippen LogP contribution in [-0.4, -0.2) is 36.7 Å². The van der Waals surface area contributed by atoms with Gasteiger partial charge in [-0.2, -0.15) is 0 Å². The van der Waals surface area contributed by atoms with Gasteiger partial charge in [-0.3, -0.25) is 0 Å². The molecule has 0 bridgehead atoms. The van der Waals surface area contributed by atoms with Crippen LogP contribution in [0.3, 0.4) is 0 Å². The highest BCUT2D eigenvalue weighted by molar-refractivity contribution is 7.73. The van der Waals surface area contributed by atoms with Gasteiger partial charge in [-0.15, -0.1) is 0 Å². The second-order valence-electron chi connectivity index (χ2n) is 0.664. The Labute approximate surface area is 49.1 Å². The summed E-state index contributed by atoms with van der Waals surface area (Å²) in [6.07, 6.45) is 0. The van der Waals surface area contributed by atoms with Crippen LogP contribution < -0.4 is 0 Å². The van der Waals surface area contributed by atoms with Gasteiger partial charge in [0.2, 0.25) is 0 Å². The summed E-state index contributed by atoms with van der Waals surface area (Å²) in [6.45, 7) is -0.250. The lowest BCUT2D eigenvalue weighted by molar-refractivity contribution is 0.186. The van der Waals surface area contributed by atoms with E-state index in [1.807, 2.05) is 0 Å². The molecule has 1 unspecified atom stereocenters. The van der Waals surface area contributed by atoms with Crippen LogP contribution in [0.4, 0.5) is 0 Å². The quantitative estimate of drug-likeness (QED) is 0.380. The van der Waals surface area contributed by atoms with E-state index >= 15 is 0 Å². The van der Waals surface area contributed by atoms with Gasteiger partial charge in [0.05, 0.1) is 24.6 Å². The second kappa shape index (κ2) is 10.1. The van der Waals surface area contributed by atoms with Crippen LogP contribution in [0, 0.1) is 0 Å². The summed E-state index contributed by atoms with van der Waals surface area (Å²) in [6, 6.07) is 0. The Balaban J connectivity index is 0. The minimum atomic E-state index is -2.86. The van der Waals surface area contributed by atoms with Crippen molar-refractivity contribution in [3.05, 3.63) is 0 Å². The van der Waals surface area contributed by atoms with Crippen molar-refractivity contribution in [1.29, 1.82) is 0 Å². The van der Waals surface area contributed by atoms with Crippen molar-refractivity contribution in [2.75, 3.05) is 13.2 Å². The van der Waals surface area contributed by atoms with Crippen LogP contribution in [0.1, 0.15) is 0 Å². The first-order chi connectivity index (χ1) is 3.65. The van der Waals surface area contributed by atoms with Crippen molar-refractivity contribution in [3.8, 4) is 0 Å². The fourth-order valence-electron chi connectivity index (χ4n) is 0. The number of rotatable bonds is 1. The van der Waals surface area contributed by atoms with Crippen molar-refractivity contribution in [1.82, 2.24) is 0 Å². The fraction of sp³-hybridized carbons (Fsp3) is 1.00. The highest BCUT2D eigenvalue weighted by atomic mass is 32.2. The van der Waals surface area contributed by atoms with Crippen LogP contribution in [0.25, 0.3) is 0 Å². The Hall–Kier alpha value is -0.0100. The molecule has 0 aromatic carbocycles. The third-order valence-corrected chi connectivity index (χ3v) is 0.1000. The highest BCUT2D eigenvalue weighted by Crippen LogP contribution is 1.43. The fourth-order valence-corrected chi connectivity index (χ4v) is 0. The number of aliphatic hydroxyl groups excluding tert-OH is 2. The van der Waals surface area contributed by atoms with Gasteiger partial charge in [0, 0.05) is 0 Å². The summed E-state index contributed by atoms with van der Waals surface area (Å²) in [5, 5.41) is 15.2. The number of hydrogen-bond donors (Lipinski definition) is 3. The molecule has 1 atom stereocenters. The van der Waals surface area contributed by atoms with Crippen LogP contribution in [0.5, 0.6) is 0 Å². The molecule has 0 saturated carbocycles. The maximum Gasteiger partial charge on any atom is 0.0814 e. The van der Waals surface area contributed by atoms with Gasteiger partial charge in [-0.25, -0.2) is 4.21 Å². The number of aliphatic hydroxyl groups is 2. The Bertz CT molecular complexity index is 48.4. The van der Waals surface area contributed by atoms with Gasteiger partial charge in [0.25, 0.3) is 0 Å². The molecule has 0 aliphatic rings. The molecule has 0 amide bonds. The molecule has 5 nitrogen and oxygen atoms in total. The third kappa shape index (κ3) is 152. The standard InChI is InChI=1S/C2H6O2.H2O3S/c3-1-2-4;1-4(2)3/h3-4H,1-2H2;(H2,1,2,3)/p-1. The van der Waals surface area contributed by atoms with E-state index in [9.17, 15) is 0 Å². The van der Waals surface area contributed by atoms with E-state index in [4.69, 9.17) is 23.5 Å². The van der Waals surface area contributed by atoms with Crippen LogP contribution >= 0.6 is 0 Å². The first-order valence-corrected chi connectivity index (χ1v) is 2.68. The molecule has 3 N–H and O–H groups in total. The Morgan fingerprint density at radius 2 is 1.50 bits per heavy atom. The third-order valence-electron chi connectivity index (χ3n) is 0.1000. The molecule has 0 aromatic rings. The zero-order chi connectivity index (χ0) is 6.99. The summed E-state index contributed by atoms with van der Waals surface area (Å²) in [5.74, 6) is 0. The van der Waals surface area contributed by atoms with Crippen molar-refractivity contribution in [2.45, 2.75) is 0 Å². The molecule has 52 valence electrons. The van der Waals surface area contributed by atoms with E-state index in [1.54, 1.807) is 0 Å². The van der Waals surface area contributed by atoms with Crippen LogP contribution in [-0.2, 0) is 11.4 Å². The van der Waals surface area contributed by atoms with Gasteiger partial charge in [0.15, 0.2) is 0 Å². The lowest BCUT2D eigenvalue weighted by atomic mass is 10.8. The summed E-state index contributed by atoms with van der Waals surface area (Å²) >= 11 is -2.86. The Morgan fingerprint density at radius 1 is 1.38 bits per heavy atom. The summed E-state index contributed by atoms with van der Waals surface area (Å²) in [4.78, 5) is 0. The SMILES string of the molecule is O=S([O-])O.OCCO. The average molecular weight is 143 g/mol. The molecule has 0 rings (SSSR count). The average Bonchev–Trinajstić information content (AvgIpc) is 1.65. The molecular weight excluding hydrogens is 136 g/mol. The molecular formula is C2H7O5S-. The van der Waals surface area contributed by atoms with Crippen molar-refractivity contribution in [3.63, 3.8) is 0 Å². The normalized spacial score (nSPS) is 11.5. The minimum Gasteiger partial charge on any atom is -0.750 e. The molecule has 0 aliphatic heterocycles. The van der Waals surface area contributed by atoms with E-state index in [2.05, 4.69) is 0 Å². The summed E-state index contributed by atoms with van der Waals surface area (Å²) < 4.78 is 24.1. The molecule has 0 saturated heterocycles. The maximum atomic E-state index is 8.56. The van der Waals surface area contributed by atoms with Crippen LogP contribution in [0.2, 0.25) is 0 Å². The van der Waals surface area contributed by atoms with Crippen molar-refractivity contribution < 1.29 is 23.5 Å². The van der Waals surface area contributed by atoms with Gasteiger partial charge in [-0.05, 0) is 0 Å². The zero-order valence-electron chi connectivity index (χ0n) is 3.98. The van der Waals surface area contributed by atoms with E-state index in [-0.39, 0.29) is 13.2 Å². The van der Waals surface area contributed by atoms with E-state index < -0.39 is 11.4 Å². The maximum absolute atomic E-state index is 8.56. The van der Waals surface area contributed by atoms with Crippen molar-refractivity contribution >= 4 is 11.4 Å². The van der Waals surface area contributed by atoms with Gasteiger partial charge >= 0.3 is 0 Å². The number of hydrogen-bond acceptors (Lipinski definition) is 4. The molecule has 0 radical (unpaired) electrons. The smallest absolute Gasteiger partial charge is 0.0814 e. The van der Waals surface area contributed by atoms with Crippen molar-refractivity contribution in [2.24, 2.45) is 0 Å². The topological polar surface area (TPSA) is 101 Å². The molecule has 0 aliphatic carbocycles. The van der Waals surface area contributed by atoms with E-state index in [0.29, 0.717) is 0 Å².